The van der Waals surface area contributed by atoms with Gasteiger partial charge in [-0.1, -0.05) is 23.5 Å². The molecule has 1 amide bonds. The van der Waals surface area contributed by atoms with Gasteiger partial charge in [0.25, 0.3) is 0 Å². The van der Waals surface area contributed by atoms with Gasteiger partial charge in [0.05, 0.1) is 23.7 Å². The van der Waals surface area contributed by atoms with E-state index in [1.807, 2.05) is 25.1 Å². The monoisotopic (exact) mass is 340 g/mol. The number of fused-ring (bicyclic) bond motifs is 1. The Morgan fingerprint density at radius 2 is 1.88 bits per heavy atom. The van der Waals surface area contributed by atoms with E-state index in [0.29, 0.717) is 11.6 Å². The number of amides is 1. The molecule has 5 heteroatoms. The topological polar surface area (TPSA) is 51.2 Å². The number of hydrogen-bond donors (Lipinski definition) is 1. The van der Waals surface area contributed by atoms with E-state index in [-0.39, 0.29) is 5.91 Å². The molecule has 24 heavy (non-hydrogen) atoms. The number of aryl methyl sites for hydroxylation is 3. The third-order valence-electron chi connectivity index (χ3n) is 4.09. The van der Waals surface area contributed by atoms with Crippen molar-refractivity contribution >= 4 is 32.6 Å². The van der Waals surface area contributed by atoms with Crippen molar-refractivity contribution in [1.29, 1.82) is 0 Å². The number of aromatic nitrogens is 1. The number of ether oxygens (including phenoxy) is 1. The Labute approximate surface area is 145 Å². The van der Waals surface area contributed by atoms with Gasteiger partial charge in [-0.3, -0.25) is 4.79 Å². The standard InChI is InChI=1S/C19H20N2O2S/c1-11-5-6-14(9-16(11)23-4)10-18(22)21-19-20-15-7-12(2)13(3)8-17(15)24-19/h5-9H,10H2,1-4H3,(H,20,21,22). The molecule has 124 valence electrons. The van der Waals surface area contributed by atoms with Crippen molar-refractivity contribution in [2.75, 3.05) is 12.4 Å². The predicted molar refractivity (Wildman–Crippen MR) is 99.2 cm³/mol. The Morgan fingerprint density at radius 3 is 2.62 bits per heavy atom. The van der Waals surface area contributed by atoms with Gasteiger partial charge in [0.1, 0.15) is 5.75 Å². The maximum atomic E-state index is 12.3. The minimum Gasteiger partial charge on any atom is -0.496 e. The SMILES string of the molecule is COc1cc(CC(=O)Nc2nc3cc(C)c(C)cc3s2)ccc1C. The zero-order valence-electron chi connectivity index (χ0n) is 14.3. The number of thiazole rings is 1. The lowest BCUT2D eigenvalue weighted by molar-refractivity contribution is -0.115. The summed E-state index contributed by atoms with van der Waals surface area (Å²) in [4.78, 5) is 16.8. The van der Waals surface area contributed by atoms with E-state index in [1.54, 1.807) is 7.11 Å². The zero-order chi connectivity index (χ0) is 17.3. The second-order valence-corrected chi connectivity index (χ2v) is 6.98. The molecule has 3 aromatic rings. The maximum absolute atomic E-state index is 12.3. The Kier molecular flexibility index (Phi) is 4.53. The molecule has 4 nitrogen and oxygen atoms in total. The highest BCUT2D eigenvalue weighted by Gasteiger charge is 2.10. The number of anilines is 1. The summed E-state index contributed by atoms with van der Waals surface area (Å²) in [5, 5.41) is 3.54. The van der Waals surface area contributed by atoms with Crippen LogP contribution >= 0.6 is 11.3 Å². The summed E-state index contributed by atoms with van der Waals surface area (Å²) in [5.41, 5.74) is 5.34. The van der Waals surface area contributed by atoms with Crippen molar-refractivity contribution in [1.82, 2.24) is 4.98 Å². The van der Waals surface area contributed by atoms with Crippen LogP contribution in [0.15, 0.2) is 30.3 Å². The van der Waals surface area contributed by atoms with Crippen molar-refractivity contribution in [2.24, 2.45) is 0 Å². The number of hydrogen-bond acceptors (Lipinski definition) is 4. The summed E-state index contributed by atoms with van der Waals surface area (Å²) < 4.78 is 6.39. The normalized spacial score (nSPS) is 10.8. The molecule has 0 radical (unpaired) electrons. The largest absolute Gasteiger partial charge is 0.496 e. The molecule has 0 unspecified atom stereocenters. The fraction of sp³-hybridized carbons (Fsp3) is 0.263. The first-order chi connectivity index (χ1) is 11.5. The molecular weight excluding hydrogens is 320 g/mol. The summed E-state index contributed by atoms with van der Waals surface area (Å²) in [6.45, 7) is 6.13. The van der Waals surface area contributed by atoms with Crippen LogP contribution in [0.25, 0.3) is 10.2 Å². The smallest absolute Gasteiger partial charge is 0.230 e. The number of nitrogens with one attached hydrogen (secondary N) is 1. The van der Waals surface area contributed by atoms with Gasteiger partial charge in [-0.25, -0.2) is 4.98 Å². The van der Waals surface area contributed by atoms with Crippen molar-refractivity contribution in [3.05, 3.63) is 52.6 Å². The molecule has 0 aliphatic carbocycles. The molecule has 3 rings (SSSR count). The minimum atomic E-state index is -0.0755. The van der Waals surface area contributed by atoms with E-state index in [9.17, 15) is 4.79 Å². The van der Waals surface area contributed by atoms with Crippen LogP contribution in [0.3, 0.4) is 0 Å². The Hall–Kier alpha value is -2.40. The fourth-order valence-electron chi connectivity index (χ4n) is 2.56. The number of nitrogens with zero attached hydrogens (tertiary/aromatic N) is 1. The van der Waals surface area contributed by atoms with E-state index in [0.717, 1.165) is 27.1 Å². The van der Waals surface area contributed by atoms with E-state index in [4.69, 9.17) is 4.74 Å². The molecule has 0 aliphatic rings. The van der Waals surface area contributed by atoms with Gasteiger partial charge >= 0.3 is 0 Å². The Balaban J connectivity index is 1.75. The molecule has 0 aliphatic heterocycles. The second kappa shape index (κ2) is 6.61. The first kappa shape index (κ1) is 16.5. The molecule has 0 saturated heterocycles. The average molecular weight is 340 g/mol. The van der Waals surface area contributed by atoms with Crippen LogP contribution in [0.4, 0.5) is 5.13 Å². The van der Waals surface area contributed by atoms with E-state index in [1.165, 1.54) is 22.5 Å². The van der Waals surface area contributed by atoms with Crippen LogP contribution in [-0.4, -0.2) is 18.0 Å². The molecule has 0 spiro atoms. The fourth-order valence-corrected chi connectivity index (χ4v) is 3.52. The van der Waals surface area contributed by atoms with Gasteiger partial charge in [0.2, 0.25) is 5.91 Å². The number of benzene rings is 2. The van der Waals surface area contributed by atoms with Crippen LogP contribution in [0.1, 0.15) is 22.3 Å². The first-order valence-electron chi connectivity index (χ1n) is 7.77. The third-order valence-corrected chi connectivity index (χ3v) is 5.02. The van der Waals surface area contributed by atoms with Crippen LogP contribution < -0.4 is 10.1 Å². The lowest BCUT2D eigenvalue weighted by Crippen LogP contribution is -2.14. The molecule has 0 atom stereocenters. The summed E-state index contributed by atoms with van der Waals surface area (Å²) in [7, 11) is 1.64. The van der Waals surface area contributed by atoms with Crippen LogP contribution in [0, 0.1) is 20.8 Å². The quantitative estimate of drug-likeness (QED) is 0.765. The number of carbonyl (C=O) groups excluding carboxylic acids is 1. The highest BCUT2D eigenvalue weighted by molar-refractivity contribution is 7.22. The zero-order valence-corrected chi connectivity index (χ0v) is 15.1. The highest BCUT2D eigenvalue weighted by atomic mass is 32.1. The molecular formula is C19H20N2O2S. The molecule has 0 bridgehead atoms. The predicted octanol–water partition coefficient (Wildman–Crippen LogP) is 4.41. The van der Waals surface area contributed by atoms with Gasteiger partial charge in [-0.15, -0.1) is 0 Å². The Morgan fingerprint density at radius 1 is 1.12 bits per heavy atom. The minimum absolute atomic E-state index is 0.0755. The van der Waals surface area contributed by atoms with E-state index >= 15 is 0 Å². The van der Waals surface area contributed by atoms with Gasteiger partial charge in [0.15, 0.2) is 5.13 Å². The van der Waals surface area contributed by atoms with Gasteiger partial charge in [-0.05, 0) is 61.2 Å². The van der Waals surface area contributed by atoms with Gasteiger partial charge < -0.3 is 10.1 Å². The van der Waals surface area contributed by atoms with Crippen molar-refractivity contribution in [3.8, 4) is 5.75 Å². The molecule has 2 aromatic carbocycles. The highest BCUT2D eigenvalue weighted by Crippen LogP contribution is 2.28. The number of methoxy groups -OCH3 is 1. The average Bonchev–Trinajstić information content (AvgIpc) is 2.90. The van der Waals surface area contributed by atoms with Crippen molar-refractivity contribution in [2.45, 2.75) is 27.2 Å². The molecule has 0 fully saturated rings. The van der Waals surface area contributed by atoms with Gasteiger partial charge in [0, 0.05) is 0 Å². The van der Waals surface area contributed by atoms with E-state index < -0.39 is 0 Å². The molecule has 0 saturated carbocycles. The molecule has 1 heterocycles. The molecule has 1 aromatic heterocycles. The lowest BCUT2D eigenvalue weighted by Gasteiger charge is -2.07. The first-order valence-corrected chi connectivity index (χ1v) is 8.59. The van der Waals surface area contributed by atoms with Gasteiger partial charge in [-0.2, -0.15) is 0 Å². The summed E-state index contributed by atoms with van der Waals surface area (Å²) in [6.07, 6.45) is 0.296. The Bertz CT molecular complexity index is 876. The lowest BCUT2D eigenvalue weighted by atomic mass is 10.1. The summed E-state index contributed by atoms with van der Waals surface area (Å²) >= 11 is 1.50. The maximum Gasteiger partial charge on any atom is 0.230 e. The number of rotatable bonds is 4. The van der Waals surface area contributed by atoms with Crippen LogP contribution in [0.5, 0.6) is 5.75 Å². The number of carbonyl (C=O) groups is 1. The van der Waals surface area contributed by atoms with Crippen LogP contribution in [-0.2, 0) is 11.2 Å². The van der Waals surface area contributed by atoms with Crippen molar-refractivity contribution < 1.29 is 9.53 Å². The van der Waals surface area contributed by atoms with Crippen LogP contribution in [0.2, 0.25) is 0 Å². The van der Waals surface area contributed by atoms with E-state index in [2.05, 4.69) is 36.3 Å². The molecule has 1 N–H and O–H groups in total. The second-order valence-electron chi connectivity index (χ2n) is 5.95. The summed E-state index contributed by atoms with van der Waals surface area (Å²) in [5.74, 6) is 0.722. The third kappa shape index (κ3) is 3.41. The van der Waals surface area contributed by atoms with Crippen molar-refractivity contribution in [3.63, 3.8) is 0 Å². The summed E-state index contributed by atoms with van der Waals surface area (Å²) in [6, 6.07) is 9.98.